The van der Waals surface area contributed by atoms with Crippen LogP contribution in [-0.2, 0) is 16.0 Å². The molecule has 0 N–H and O–H groups in total. The predicted octanol–water partition coefficient (Wildman–Crippen LogP) is 5.39. The highest BCUT2D eigenvalue weighted by molar-refractivity contribution is 5.85. The van der Waals surface area contributed by atoms with E-state index < -0.39 is 0 Å². The van der Waals surface area contributed by atoms with Crippen LogP contribution in [0.5, 0.6) is 0 Å². The van der Waals surface area contributed by atoms with E-state index in [1.807, 2.05) is 36.4 Å². The number of benzene rings is 3. The zero-order chi connectivity index (χ0) is 19.3. The Hall–Kier alpha value is -3.33. The minimum atomic E-state index is -0.218. The minimum Gasteiger partial charge on any atom is -0.469 e. The van der Waals surface area contributed by atoms with Crippen molar-refractivity contribution in [1.29, 1.82) is 0 Å². The van der Waals surface area contributed by atoms with E-state index in [0.29, 0.717) is 0 Å². The number of anilines is 1. The molecule has 4 rings (SSSR count). The van der Waals surface area contributed by atoms with Crippen molar-refractivity contribution < 1.29 is 9.53 Å². The number of allylic oxidation sites excluding steroid dienone is 1. The summed E-state index contributed by atoms with van der Waals surface area (Å²) in [5.41, 5.74) is 5.75. The Morgan fingerprint density at radius 1 is 0.929 bits per heavy atom. The van der Waals surface area contributed by atoms with E-state index in [9.17, 15) is 4.79 Å². The fraction of sp³-hybridized carbons (Fsp3) is 0.160. The Bertz CT molecular complexity index is 980. The molecule has 0 spiro atoms. The number of rotatable bonds is 5. The maximum absolute atomic E-state index is 12.3. The smallest absolute Gasteiger partial charge is 0.307 e. The van der Waals surface area contributed by atoms with Crippen LogP contribution in [0.25, 0.3) is 5.70 Å². The number of ether oxygens (including phenoxy) is 1. The van der Waals surface area contributed by atoms with Gasteiger partial charge in [-0.1, -0.05) is 84.9 Å². The first-order valence-corrected chi connectivity index (χ1v) is 9.52. The summed E-state index contributed by atoms with van der Waals surface area (Å²) < 4.78 is 5.04. The van der Waals surface area contributed by atoms with Crippen LogP contribution in [0.15, 0.2) is 91.0 Å². The molecule has 1 atom stereocenters. The number of hydrogen-bond acceptors (Lipinski definition) is 3. The van der Waals surface area contributed by atoms with Gasteiger partial charge in [-0.25, -0.2) is 0 Å². The second-order valence-electron chi connectivity index (χ2n) is 6.86. The van der Waals surface area contributed by atoms with E-state index in [4.69, 9.17) is 4.74 Å². The number of fused-ring (bicyclic) bond motifs is 1. The van der Waals surface area contributed by atoms with Crippen molar-refractivity contribution in [2.45, 2.75) is 18.9 Å². The molecular weight excluding hydrogens is 346 g/mol. The third-order valence-corrected chi connectivity index (χ3v) is 5.18. The van der Waals surface area contributed by atoms with Gasteiger partial charge in [-0.05, 0) is 29.2 Å². The normalized spacial score (nSPS) is 14.0. The second kappa shape index (κ2) is 8.13. The Labute approximate surface area is 165 Å². The number of esters is 1. The number of methoxy groups -OCH3 is 1. The van der Waals surface area contributed by atoms with Crippen molar-refractivity contribution in [2.24, 2.45) is 0 Å². The summed E-state index contributed by atoms with van der Waals surface area (Å²) in [7, 11) is 1.45. The molecule has 0 unspecified atom stereocenters. The summed E-state index contributed by atoms with van der Waals surface area (Å²) in [5.74, 6) is -0.218. The lowest BCUT2D eigenvalue weighted by molar-refractivity contribution is -0.141. The van der Waals surface area contributed by atoms with E-state index in [1.54, 1.807) is 0 Å². The van der Waals surface area contributed by atoms with Gasteiger partial charge in [0.25, 0.3) is 0 Å². The minimum absolute atomic E-state index is 0.151. The first kappa shape index (κ1) is 18.1. The second-order valence-corrected chi connectivity index (χ2v) is 6.86. The first-order chi connectivity index (χ1) is 13.8. The summed E-state index contributed by atoms with van der Waals surface area (Å²) >= 11 is 0. The average molecular weight is 369 g/mol. The SMILES string of the molecule is COC(=O)C[C@H](c1ccccc1)N1C(c2ccccc2)=CCc2ccccc21. The molecule has 1 aliphatic heterocycles. The van der Waals surface area contributed by atoms with E-state index in [-0.39, 0.29) is 18.4 Å². The first-order valence-electron chi connectivity index (χ1n) is 9.52. The van der Waals surface area contributed by atoms with E-state index in [2.05, 4.69) is 59.5 Å². The summed E-state index contributed by atoms with van der Waals surface area (Å²) in [6.45, 7) is 0. The number of nitrogens with zero attached hydrogens (tertiary/aromatic N) is 1. The summed E-state index contributed by atoms with van der Waals surface area (Å²) in [4.78, 5) is 14.6. The summed E-state index contributed by atoms with van der Waals surface area (Å²) in [5, 5.41) is 0. The topological polar surface area (TPSA) is 29.5 Å². The van der Waals surface area contributed by atoms with Crippen LogP contribution in [-0.4, -0.2) is 13.1 Å². The molecule has 3 aromatic rings. The van der Waals surface area contributed by atoms with E-state index >= 15 is 0 Å². The third kappa shape index (κ3) is 3.56. The Kier molecular flexibility index (Phi) is 5.24. The Morgan fingerprint density at radius 3 is 2.29 bits per heavy atom. The lowest BCUT2D eigenvalue weighted by Gasteiger charge is -2.39. The molecule has 0 saturated heterocycles. The van der Waals surface area contributed by atoms with Crippen molar-refractivity contribution in [3.63, 3.8) is 0 Å². The van der Waals surface area contributed by atoms with Gasteiger partial charge in [0.1, 0.15) is 0 Å². The molecule has 0 amide bonds. The molecule has 0 bridgehead atoms. The van der Waals surface area contributed by atoms with Gasteiger partial charge < -0.3 is 9.64 Å². The highest BCUT2D eigenvalue weighted by Gasteiger charge is 2.30. The Balaban J connectivity index is 1.87. The number of hydrogen-bond donors (Lipinski definition) is 0. The van der Waals surface area contributed by atoms with Gasteiger partial charge >= 0.3 is 5.97 Å². The van der Waals surface area contributed by atoms with Gasteiger partial charge in [0.2, 0.25) is 0 Å². The van der Waals surface area contributed by atoms with Gasteiger partial charge in [0.15, 0.2) is 0 Å². The molecule has 3 aromatic carbocycles. The highest BCUT2D eigenvalue weighted by Crippen LogP contribution is 2.42. The fourth-order valence-electron chi connectivity index (χ4n) is 3.83. The largest absolute Gasteiger partial charge is 0.469 e. The standard InChI is InChI=1S/C25H23NO2/c1-28-25(27)18-24(20-12-6-3-7-13-20)26-22-15-9-8-14-21(22)16-17-23(26)19-10-4-2-5-11-19/h2-15,17,24H,16,18H2,1H3/t24-/m1/s1. The maximum atomic E-state index is 12.3. The van der Waals surface area contributed by atoms with Crippen molar-refractivity contribution in [3.05, 3.63) is 108 Å². The molecule has 0 radical (unpaired) electrons. The Morgan fingerprint density at radius 2 is 1.57 bits per heavy atom. The molecule has 0 aromatic heterocycles. The molecule has 28 heavy (non-hydrogen) atoms. The lowest BCUT2D eigenvalue weighted by atomic mass is 9.93. The zero-order valence-corrected chi connectivity index (χ0v) is 15.9. The van der Waals surface area contributed by atoms with Crippen LogP contribution >= 0.6 is 0 Å². The zero-order valence-electron chi connectivity index (χ0n) is 15.9. The van der Waals surface area contributed by atoms with Crippen LogP contribution in [0.3, 0.4) is 0 Å². The lowest BCUT2D eigenvalue weighted by Crippen LogP contribution is -2.32. The monoisotopic (exact) mass is 369 g/mol. The molecule has 1 aliphatic rings. The summed E-state index contributed by atoms with van der Waals surface area (Å²) in [6, 6.07) is 28.8. The van der Waals surface area contributed by atoms with Crippen molar-refractivity contribution in [2.75, 3.05) is 12.0 Å². The average Bonchev–Trinajstić information content (AvgIpc) is 2.78. The predicted molar refractivity (Wildman–Crippen MR) is 113 cm³/mol. The molecule has 0 fully saturated rings. The van der Waals surface area contributed by atoms with Crippen molar-refractivity contribution in [1.82, 2.24) is 0 Å². The fourth-order valence-corrected chi connectivity index (χ4v) is 3.83. The quantitative estimate of drug-likeness (QED) is 0.564. The van der Waals surface area contributed by atoms with Gasteiger partial charge in [0, 0.05) is 11.4 Å². The number of carbonyl (C=O) groups excluding carboxylic acids is 1. The van der Waals surface area contributed by atoms with Gasteiger partial charge in [-0.3, -0.25) is 4.79 Å². The van der Waals surface area contributed by atoms with E-state index in [0.717, 1.165) is 28.9 Å². The van der Waals surface area contributed by atoms with Crippen molar-refractivity contribution >= 4 is 17.4 Å². The van der Waals surface area contributed by atoms with Crippen LogP contribution in [0, 0.1) is 0 Å². The maximum Gasteiger partial charge on any atom is 0.307 e. The highest BCUT2D eigenvalue weighted by atomic mass is 16.5. The molecular formula is C25H23NO2. The molecule has 1 heterocycles. The van der Waals surface area contributed by atoms with Crippen LogP contribution in [0.2, 0.25) is 0 Å². The molecule has 140 valence electrons. The number of carbonyl (C=O) groups is 1. The third-order valence-electron chi connectivity index (χ3n) is 5.18. The molecule has 3 heteroatoms. The van der Waals surface area contributed by atoms with Gasteiger partial charge in [-0.15, -0.1) is 0 Å². The molecule has 0 aliphatic carbocycles. The van der Waals surface area contributed by atoms with E-state index in [1.165, 1.54) is 12.7 Å². The van der Waals surface area contributed by atoms with Gasteiger partial charge in [0.05, 0.1) is 19.6 Å². The van der Waals surface area contributed by atoms with Crippen LogP contribution < -0.4 is 4.90 Å². The van der Waals surface area contributed by atoms with Crippen molar-refractivity contribution in [3.8, 4) is 0 Å². The van der Waals surface area contributed by atoms with Gasteiger partial charge in [-0.2, -0.15) is 0 Å². The molecule has 0 saturated carbocycles. The van der Waals surface area contributed by atoms with Crippen LogP contribution in [0.1, 0.15) is 29.2 Å². The van der Waals surface area contributed by atoms with Crippen LogP contribution in [0.4, 0.5) is 5.69 Å². The molecule has 3 nitrogen and oxygen atoms in total. The number of para-hydroxylation sites is 1. The summed E-state index contributed by atoms with van der Waals surface area (Å²) in [6.07, 6.45) is 3.40.